The van der Waals surface area contributed by atoms with Crippen molar-refractivity contribution in [3.8, 4) is 5.75 Å². The smallest absolute Gasteiger partial charge is 0.389 e. The first-order valence-corrected chi connectivity index (χ1v) is 12.4. The standard InChI is InChI=1S/C18H23Br2F3N2O3S/c1-28-15-6-16(14(20)5-13(15)19)29(26,27)25-12(3-2-4-18(21,22)23)10-24-17-7-11(8-17)9-17/h5-6,11-12,24-25H,2-4,7-10H2,1H3. The van der Waals surface area contributed by atoms with Gasteiger partial charge in [0.25, 0.3) is 0 Å². The molecule has 164 valence electrons. The fraction of sp³-hybridized carbons (Fsp3) is 0.667. The molecule has 5 nitrogen and oxygen atoms in total. The Morgan fingerprint density at radius 2 is 1.90 bits per heavy atom. The Morgan fingerprint density at radius 3 is 2.41 bits per heavy atom. The molecule has 0 aliphatic heterocycles. The van der Waals surface area contributed by atoms with Gasteiger partial charge in [-0.15, -0.1) is 0 Å². The van der Waals surface area contributed by atoms with E-state index in [1.165, 1.54) is 13.2 Å². The van der Waals surface area contributed by atoms with Crippen LogP contribution in [0.1, 0.15) is 38.5 Å². The summed E-state index contributed by atoms with van der Waals surface area (Å²) in [6.45, 7) is 0.301. The zero-order valence-corrected chi connectivity index (χ0v) is 19.8. The zero-order valence-electron chi connectivity index (χ0n) is 15.8. The second-order valence-corrected chi connectivity index (χ2v) is 11.3. The lowest BCUT2D eigenvalue weighted by Gasteiger charge is -2.62. The molecule has 0 saturated heterocycles. The first-order chi connectivity index (χ1) is 13.4. The van der Waals surface area contributed by atoms with Gasteiger partial charge in [-0.2, -0.15) is 13.2 Å². The molecule has 3 aliphatic carbocycles. The molecule has 2 bridgehead atoms. The second-order valence-electron chi connectivity index (χ2n) is 7.88. The van der Waals surface area contributed by atoms with Gasteiger partial charge >= 0.3 is 6.18 Å². The van der Waals surface area contributed by atoms with Crippen molar-refractivity contribution in [1.29, 1.82) is 0 Å². The fourth-order valence-electron chi connectivity index (χ4n) is 3.94. The van der Waals surface area contributed by atoms with Gasteiger partial charge in [0.2, 0.25) is 10.0 Å². The van der Waals surface area contributed by atoms with E-state index in [2.05, 4.69) is 41.9 Å². The van der Waals surface area contributed by atoms with Crippen LogP contribution >= 0.6 is 31.9 Å². The maximum atomic E-state index is 13.0. The number of alkyl halides is 3. The van der Waals surface area contributed by atoms with Crippen LogP contribution in [0.2, 0.25) is 0 Å². The summed E-state index contributed by atoms with van der Waals surface area (Å²) in [5, 5.41) is 3.38. The lowest BCUT2D eigenvalue weighted by molar-refractivity contribution is -0.135. The summed E-state index contributed by atoms with van der Waals surface area (Å²) in [5.74, 6) is 1.09. The van der Waals surface area contributed by atoms with Crippen molar-refractivity contribution in [2.75, 3.05) is 13.7 Å². The number of rotatable bonds is 10. The van der Waals surface area contributed by atoms with Crippen molar-refractivity contribution in [3.63, 3.8) is 0 Å². The normalized spacial score (nSPS) is 24.6. The van der Waals surface area contributed by atoms with Gasteiger partial charge < -0.3 is 10.1 Å². The van der Waals surface area contributed by atoms with Gasteiger partial charge in [-0.25, -0.2) is 13.1 Å². The van der Waals surface area contributed by atoms with E-state index in [1.807, 2.05) is 0 Å². The quantitative estimate of drug-likeness (QED) is 0.431. The maximum absolute atomic E-state index is 13.0. The van der Waals surface area contributed by atoms with E-state index in [1.54, 1.807) is 6.07 Å². The molecule has 0 amide bonds. The number of benzene rings is 1. The van der Waals surface area contributed by atoms with E-state index in [4.69, 9.17) is 4.74 Å². The van der Waals surface area contributed by atoms with E-state index in [-0.39, 0.29) is 23.3 Å². The van der Waals surface area contributed by atoms with Crippen LogP contribution in [0.3, 0.4) is 0 Å². The maximum Gasteiger partial charge on any atom is 0.389 e. The fourth-order valence-corrected chi connectivity index (χ4v) is 7.08. The Labute approximate surface area is 185 Å². The highest BCUT2D eigenvalue weighted by Gasteiger charge is 2.56. The summed E-state index contributed by atoms with van der Waals surface area (Å²) >= 11 is 6.53. The number of hydrogen-bond acceptors (Lipinski definition) is 4. The van der Waals surface area contributed by atoms with Crippen LogP contribution < -0.4 is 14.8 Å². The molecule has 0 aromatic heterocycles. The van der Waals surface area contributed by atoms with Gasteiger partial charge in [0.15, 0.2) is 0 Å². The molecule has 1 aromatic rings. The number of sulfonamides is 1. The molecule has 3 aliphatic rings. The first kappa shape index (κ1) is 23.3. The van der Waals surface area contributed by atoms with Gasteiger partial charge in [0.1, 0.15) is 5.75 Å². The third-order valence-corrected chi connectivity index (χ3v) is 8.69. The molecule has 2 N–H and O–H groups in total. The largest absolute Gasteiger partial charge is 0.496 e. The molecule has 1 atom stereocenters. The molecular formula is C18H23Br2F3N2O3S. The molecular weight excluding hydrogens is 541 g/mol. The molecule has 29 heavy (non-hydrogen) atoms. The number of halogens is 5. The minimum Gasteiger partial charge on any atom is -0.496 e. The first-order valence-electron chi connectivity index (χ1n) is 9.30. The van der Waals surface area contributed by atoms with Crippen molar-refractivity contribution >= 4 is 41.9 Å². The monoisotopic (exact) mass is 562 g/mol. The zero-order chi connectivity index (χ0) is 21.4. The van der Waals surface area contributed by atoms with Crippen molar-refractivity contribution in [2.45, 2.75) is 61.2 Å². The molecule has 0 heterocycles. The predicted molar refractivity (Wildman–Crippen MR) is 110 cm³/mol. The molecule has 3 fully saturated rings. The van der Waals surface area contributed by atoms with Crippen LogP contribution in [-0.2, 0) is 10.0 Å². The Morgan fingerprint density at radius 1 is 1.24 bits per heavy atom. The van der Waals surface area contributed by atoms with Gasteiger partial charge in [0, 0.05) is 35.1 Å². The molecule has 1 unspecified atom stereocenters. The third kappa shape index (κ3) is 5.66. The summed E-state index contributed by atoms with van der Waals surface area (Å²) in [5.41, 5.74) is 0.0554. The van der Waals surface area contributed by atoms with Gasteiger partial charge in [-0.05, 0) is 75.9 Å². The summed E-state index contributed by atoms with van der Waals surface area (Å²) in [4.78, 5) is -0.0242. The Bertz CT molecular complexity index is 848. The summed E-state index contributed by atoms with van der Waals surface area (Å²) in [7, 11) is -2.55. The number of hydrogen-bond donors (Lipinski definition) is 2. The van der Waals surface area contributed by atoms with E-state index in [9.17, 15) is 21.6 Å². The van der Waals surface area contributed by atoms with E-state index < -0.39 is 28.7 Å². The summed E-state index contributed by atoms with van der Waals surface area (Å²) in [6.07, 6.45) is -2.06. The van der Waals surface area contributed by atoms with E-state index >= 15 is 0 Å². The average molecular weight is 564 g/mol. The van der Waals surface area contributed by atoms with Crippen molar-refractivity contribution in [3.05, 3.63) is 21.1 Å². The molecule has 11 heteroatoms. The highest BCUT2D eigenvalue weighted by molar-refractivity contribution is 9.11. The Hall–Kier alpha value is -0.360. The lowest BCUT2D eigenvalue weighted by Crippen LogP contribution is -2.68. The average Bonchev–Trinajstić information content (AvgIpc) is 2.50. The highest BCUT2D eigenvalue weighted by Crippen LogP contribution is 2.56. The summed E-state index contributed by atoms with van der Waals surface area (Å²) in [6, 6.07) is 2.29. The topological polar surface area (TPSA) is 67.4 Å². The minimum absolute atomic E-state index is 0.0242. The van der Waals surface area contributed by atoms with Crippen LogP contribution in [0.15, 0.2) is 26.0 Å². The van der Waals surface area contributed by atoms with Gasteiger partial charge in [-0.3, -0.25) is 0 Å². The molecule has 4 rings (SSSR count). The van der Waals surface area contributed by atoms with Crippen LogP contribution in [0.25, 0.3) is 0 Å². The van der Waals surface area contributed by atoms with Gasteiger partial charge in [-0.1, -0.05) is 0 Å². The third-order valence-electron chi connectivity index (χ3n) is 5.59. The van der Waals surface area contributed by atoms with Crippen molar-refractivity contribution in [1.82, 2.24) is 10.0 Å². The number of ether oxygens (including phenoxy) is 1. The van der Waals surface area contributed by atoms with Crippen LogP contribution in [0.5, 0.6) is 5.75 Å². The highest BCUT2D eigenvalue weighted by atomic mass is 79.9. The van der Waals surface area contributed by atoms with Crippen LogP contribution in [0.4, 0.5) is 13.2 Å². The van der Waals surface area contributed by atoms with Crippen LogP contribution in [0, 0.1) is 5.92 Å². The number of nitrogens with one attached hydrogen (secondary N) is 2. The molecule has 1 aromatic carbocycles. The molecule has 0 radical (unpaired) electrons. The van der Waals surface area contributed by atoms with E-state index in [0.29, 0.717) is 21.2 Å². The predicted octanol–water partition coefficient (Wildman–Crippen LogP) is 4.74. The van der Waals surface area contributed by atoms with E-state index in [0.717, 1.165) is 25.2 Å². The Kier molecular flexibility index (Phi) is 6.95. The SMILES string of the molecule is COc1cc(S(=O)(=O)NC(CCCC(F)(F)F)CNC23CC(C2)C3)c(Br)cc1Br. The van der Waals surface area contributed by atoms with Gasteiger partial charge in [0.05, 0.1) is 16.5 Å². The molecule has 3 saturated carbocycles. The molecule has 0 spiro atoms. The van der Waals surface area contributed by atoms with Crippen LogP contribution in [-0.4, -0.2) is 39.8 Å². The summed E-state index contributed by atoms with van der Waals surface area (Å²) < 4.78 is 72.2. The van der Waals surface area contributed by atoms with Crippen molar-refractivity contribution in [2.24, 2.45) is 5.92 Å². The van der Waals surface area contributed by atoms with Crippen molar-refractivity contribution < 1.29 is 26.3 Å². The number of methoxy groups -OCH3 is 1. The lowest BCUT2D eigenvalue weighted by atomic mass is 9.50. The Balaban J connectivity index is 1.71. The second kappa shape index (κ2) is 8.64. The minimum atomic E-state index is -4.26.